The first kappa shape index (κ1) is 14.0. The average Bonchev–Trinajstić information content (AvgIpc) is 2.33. The molecule has 98 valence electrons. The van der Waals surface area contributed by atoms with Crippen LogP contribution in [0.3, 0.4) is 0 Å². The largest absolute Gasteiger partial charge is 0.453 e. The highest BCUT2D eigenvalue weighted by atomic mass is 79.9. The number of hydrogen-bond donors (Lipinski definition) is 0. The van der Waals surface area contributed by atoms with Gasteiger partial charge < -0.3 is 4.74 Å². The van der Waals surface area contributed by atoms with Gasteiger partial charge in [-0.05, 0) is 22.0 Å². The molecule has 1 aromatic carbocycles. The fourth-order valence-electron chi connectivity index (χ4n) is 1.32. The minimum Gasteiger partial charge on any atom is -0.453 e. The zero-order valence-electron chi connectivity index (χ0n) is 9.14. The standard InChI is InChI=1S/C11H5BrCl2N2O3/c12-6-1-8(5-15-4-6)19-11-9(13)2-7(16(17)18)3-10(11)14/h1-5H. The van der Waals surface area contributed by atoms with Crippen LogP contribution in [-0.2, 0) is 0 Å². The summed E-state index contributed by atoms with van der Waals surface area (Å²) in [4.78, 5) is 14.0. The van der Waals surface area contributed by atoms with Crippen LogP contribution in [0.4, 0.5) is 5.69 Å². The molecule has 8 heteroatoms. The van der Waals surface area contributed by atoms with E-state index in [1.54, 1.807) is 12.3 Å². The molecule has 0 saturated heterocycles. The second kappa shape index (κ2) is 5.73. The first-order chi connectivity index (χ1) is 8.97. The van der Waals surface area contributed by atoms with E-state index in [9.17, 15) is 10.1 Å². The third kappa shape index (κ3) is 3.34. The second-order valence-electron chi connectivity index (χ2n) is 3.44. The van der Waals surface area contributed by atoms with Crippen molar-refractivity contribution < 1.29 is 9.66 Å². The molecule has 2 rings (SSSR count). The average molecular weight is 364 g/mol. The summed E-state index contributed by atoms with van der Waals surface area (Å²) in [5.74, 6) is 0.556. The zero-order chi connectivity index (χ0) is 14.0. The topological polar surface area (TPSA) is 65.3 Å². The highest BCUT2D eigenvalue weighted by Gasteiger charge is 2.16. The number of non-ortho nitro benzene ring substituents is 1. The van der Waals surface area contributed by atoms with E-state index in [1.807, 2.05) is 0 Å². The number of hydrogen-bond acceptors (Lipinski definition) is 4. The fraction of sp³-hybridized carbons (Fsp3) is 0. The maximum Gasteiger partial charge on any atom is 0.272 e. The number of pyridine rings is 1. The molecule has 0 unspecified atom stereocenters. The Hall–Kier alpha value is -1.37. The van der Waals surface area contributed by atoms with Gasteiger partial charge in [0, 0.05) is 22.8 Å². The lowest BCUT2D eigenvalue weighted by molar-refractivity contribution is -0.384. The van der Waals surface area contributed by atoms with Gasteiger partial charge in [0.2, 0.25) is 0 Å². The Morgan fingerprint density at radius 1 is 1.21 bits per heavy atom. The number of rotatable bonds is 3. The highest BCUT2D eigenvalue weighted by Crippen LogP contribution is 2.39. The molecule has 0 aliphatic rings. The maximum atomic E-state index is 10.7. The third-order valence-electron chi connectivity index (χ3n) is 2.09. The summed E-state index contributed by atoms with van der Waals surface area (Å²) >= 11 is 15.1. The molecular weight excluding hydrogens is 359 g/mol. The Kier molecular flexibility index (Phi) is 4.24. The first-order valence-corrected chi connectivity index (χ1v) is 6.44. The van der Waals surface area contributed by atoms with Crippen molar-refractivity contribution in [1.29, 1.82) is 0 Å². The minimum atomic E-state index is -0.581. The van der Waals surface area contributed by atoms with Crippen LogP contribution < -0.4 is 4.74 Å². The Balaban J connectivity index is 2.38. The Bertz CT molecular complexity index is 629. The molecule has 0 aliphatic heterocycles. The van der Waals surface area contributed by atoms with Crippen molar-refractivity contribution in [1.82, 2.24) is 4.98 Å². The fourth-order valence-corrected chi connectivity index (χ4v) is 2.21. The second-order valence-corrected chi connectivity index (χ2v) is 5.17. The molecule has 0 fully saturated rings. The Morgan fingerprint density at radius 3 is 2.37 bits per heavy atom. The number of nitro groups is 1. The van der Waals surface area contributed by atoms with Gasteiger partial charge in [-0.25, -0.2) is 0 Å². The quantitative estimate of drug-likeness (QED) is 0.577. The molecular formula is C11H5BrCl2N2O3. The number of nitrogens with zero attached hydrogens (tertiary/aromatic N) is 2. The van der Waals surface area contributed by atoms with E-state index in [4.69, 9.17) is 27.9 Å². The van der Waals surface area contributed by atoms with E-state index in [1.165, 1.54) is 18.3 Å². The van der Waals surface area contributed by atoms with Gasteiger partial charge in [0.25, 0.3) is 5.69 Å². The molecule has 0 saturated carbocycles. The van der Waals surface area contributed by atoms with E-state index >= 15 is 0 Å². The van der Waals surface area contributed by atoms with Crippen LogP contribution in [0, 0.1) is 10.1 Å². The lowest BCUT2D eigenvalue weighted by atomic mass is 10.3. The van der Waals surface area contributed by atoms with Crippen LogP contribution in [0.1, 0.15) is 0 Å². The van der Waals surface area contributed by atoms with Crippen molar-refractivity contribution in [3.63, 3.8) is 0 Å². The summed E-state index contributed by atoms with van der Waals surface area (Å²) in [6.07, 6.45) is 3.06. The summed E-state index contributed by atoms with van der Waals surface area (Å²) in [5, 5.41) is 10.8. The number of halogens is 3. The molecule has 0 bridgehead atoms. The first-order valence-electron chi connectivity index (χ1n) is 4.89. The van der Waals surface area contributed by atoms with Crippen molar-refractivity contribution >= 4 is 44.8 Å². The van der Waals surface area contributed by atoms with Crippen LogP contribution in [-0.4, -0.2) is 9.91 Å². The van der Waals surface area contributed by atoms with Crippen LogP contribution >= 0.6 is 39.1 Å². The van der Waals surface area contributed by atoms with Gasteiger partial charge in [0.05, 0.1) is 21.2 Å². The molecule has 2 aromatic rings. The van der Waals surface area contributed by atoms with Crippen molar-refractivity contribution in [2.75, 3.05) is 0 Å². The van der Waals surface area contributed by atoms with E-state index in [0.717, 1.165) is 4.47 Å². The van der Waals surface area contributed by atoms with Gasteiger partial charge in [-0.1, -0.05) is 23.2 Å². The van der Waals surface area contributed by atoms with Crippen LogP contribution in [0.2, 0.25) is 10.0 Å². The highest BCUT2D eigenvalue weighted by molar-refractivity contribution is 9.10. The van der Waals surface area contributed by atoms with Crippen molar-refractivity contribution in [3.8, 4) is 11.5 Å². The van der Waals surface area contributed by atoms with Crippen molar-refractivity contribution in [2.45, 2.75) is 0 Å². The van der Waals surface area contributed by atoms with E-state index in [-0.39, 0.29) is 21.5 Å². The number of ether oxygens (including phenoxy) is 1. The van der Waals surface area contributed by atoms with Crippen LogP contribution in [0.25, 0.3) is 0 Å². The van der Waals surface area contributed by atoms with Gasteiger partial charge in [0.15, 0.2) is 5.75 Å². The maximum absolute atomic E-state index is 10.7. The zero-order valence-corrected chi connectivity index (χ0v) is 12.2. The lowest BCUT2D eigenvalue weighted by Gasteiger charge is -2.09. The number of nitro benzene ring substituents is 1. The van der Waals surface area contributed by atoms with Crippen LogP contribution in [0.15, 0.2) is 35.1 Å². The van der Waals surface area contributed by atoms with Gasteiger partial charge in [-0.3, -0.25) is 15.1 Å². The summed E-state index contributed by atoms with van der Waals surface area (Å²) < 4.78 is 6.20. The van der Waals surface area contributed by atoms with Crippen molar-refractivity contribution in [3.05, 3.63) is 55.2 Å². The van der Waals surface area contributed by atoms with Gasteiger partial charge in [-0.2, -0.15) is 0 Å². The third-order valence-corrected chi connectivity index (χ3v) is 3.09. The number of aromatic nitrogens is 1. The molecule has 19 heavy (non-hydrogen) atoms. The van der Waals surface area contributed by atoms with E-state index in [2.05, 4.69) is 20.9 Å². The Morgan fingerprint density at radius 2 is 1.84 bits per heavy atom. The van der Waals surface area contributed by atoms with Crippen LogP contribution in [0.5, 0.6) is 11.5 Å². The molecule has 1 aromatic heterocycles. The smallest absolute Gasteiger partial charge is 0.272 e. The van der Waals surface area contributed by atoms with E-state index < -0.39 is 4.92 Å². The molecule has 0 aliphatic carbocycles. The normalized spacial score (nSPS) is 10.3. The molecule has 0 spiro atoms. The summed E-state index contributed by atoms with van der Waals surface area (Å²) in [7, 11) is 0. The predicted octanol–water partition coefficient (Wildman–Crippen LogP) is 4.85. The minimum absolute atomic E-state index is 0.0548. The summed E-state index contributed by atoms with van der Waals surface area (Å²) in [6.45, 7) is 0. The Labute approximate surface area is 126 Å². The number of benzene rings is 1. The van der Waals surface area contributed by atoms with E-state index in [0.29, 0.717) is 5.75 Å². The van der Waals surface area contributed by atoms with Gasteiger partial charge >= 0.3 is 0 Å². The van der Waals surface area contributed by atoms with Gasteiger partial charge in [-0.15, -0.1) is 0 Å². The molecule has 0 N–H and O–H groups in total. The molecule has 0 amide bonds. The van der Waals surface area contributed by atoms with Crippen molar-refractivity contribution in [2.24, 2.45) is 0 Å². The molecule has 0 atom stereocenters. The lowest BCUT2D eigenvalue weighted by Crippen LogP contribution is -1.92. The SMILES string of the molecule is O=[N+]([O-])c1cc(Cl)c(Oc2cncc(Br)c2)c(Cl)c1. The molecule has 1 heterocycles. The monoisotopic (exact) mass is 362 g/mol. The molecule has 5 nitrogen and oxygen atoms in total. The predicted molar refractivity (Wildman–Crippen MR) is 75.1 cm³/mol. The molecule has 0 radical (unpaired) electrons. The summed E-state index contributed by atoms with van der Waals surface area (Å²) in [6, 6.07) is 4.02. The summed E-state index contributed by atoms with van der Waals surface area (Å²) in [5.41, 5.74) is -0.199. The van der Waals surface area contributed by atoms with Gasteiger partial charge in [0.1, 0.15) is 5.75 Å².